The summed E-state index contributed by atoms with van der Waals surface area (Å²) in [7, 11) is -3.55. The lowest BCUT2D eigenvalue weighted by atomic mass is 9.82. The number of halogens is 2. The Morgan fingerprint density at radius 2 is 2.18 bits per heavy atom. The molecule has 1 aromatic heterocycles. The van der Waals surface area contributed by atoms with E-state index >= 15 is 0 Å². The van der Waals surface area contributed by atoms with Gasteiger partial charge in [-0.2, -0.15) is 0 Å². The molecule has 0 N–H and O–H groups in total. The number of hydrogen-bond donors (Lipinski definition) is 0. The van der Waals surface area contributed by atoms with Gasteiger partial charge in [0.25, 0.3) is 0 Å². The molecule has 0 unspecified atom stereocenters. The Balaban J connectivity index is 1.51. The third-order valence-corrected chi connectivity index (χ3v) is 8.40. The lowest BCUT2D eigenvalue weighted by molar-refractivity contribution is -0.110. The molecule has 1 saturated heterocycles. The van der Waals surface area contributed by atoms with Gasteiger partial charge >= 0.3 is 0 Å². The number of rotatable bonds is 3. The molecule has 2 atom stereocenters. The maximum Gasteiger partial charge on any atom is 0.178 e. The summed E-state index contributed by atoms with van der Waals surface area (Å²) in [5, 5.41) is 0. The van der Waals surface area contributed by atoms with E-state index in [1.807, 2.05) is 0 Å². The lowest BCUT2D eigenvalue weighted by Gasteiger charge is -2.47. The van der Waals surface area contributed by atoms with Gasteiger partial charge in [0, 0.05) is 30.3 Å². The summed E-state index contributed by atoms with van der Waals surface area (Å²) in [4.78, 5) is 3.31. The van der Waals surface area contributed by atoms with Crippen LogP contribution >= 0.6 is 22.9 Å². The summed E-state index contributed by atoms with van der Waals surface area (Å²) in [6, 6.07) is 6.71. The van der Waals surface area contributed by atoms with E-state index < -0.39 is 15.7 Å². The van der Waals surface area contributed by atoms with Crippen LogP contribution in [0.25, 0.3) is 0 Å². The summed E-state index contributed by atoms with van der Waals surface area (Å²) in [6.07, 6.45) is 3.66. The van der Waals surface area contributed by atoms with Gasteiger partial charge in [0.05, 0.1) is 10.9 Å². The fourth-order valence-electron chi connectivity index (χ4n) is 4.39. The average Bonchev–Trinajstić information content (AvgIpc) is 2.99. The molecule has 3 heterocycles. The molecule has 2 aliphatic heterocycles. The average molecular weight is 444 g/mol. The Morgan fingerprint density at radius 3 is 2.86 bits per heavy atom. The number of likely N-dealkylation sites (tertiary alicyclic amines) is 1. The van der Waals surface area contributed by atoms with Crippen molar-refractivity contribution in [3.8, 4) is 0 Å². The number of thiophene rings is 1. The molecule has 1 fully saturated rings. The molecular weight excluding hydrogens is 421 g/mol. The molecule has 8 heteroatoms. The topological polar surface area (TPSA) is 46.6 Å². The first-order valence-electron chi connectivity index (χ1n) is 9.33. The molecule has 2 aromatic rings. The van der Waals surface area contributed by atoms with Gasteiger partial charge in [-0.15, -0.1) is 11.3 Å². The van der Waals surface area contributed by atoms with Crippen LogP contribution in [-0.2, 0) is 33.1 Å². The lowest BCUT2D eigenvalue weighted by Crippen LogP contribution is -2.49. The highest BCUT2D eigenvalue weighted by atomic mass is 35.5. The number of hydrogen-bond acceptors (Lipinski definition) is 5. The van der Waals surface area contributed by atoms with Gasteiger partial charge in [-0.1, -0.05) is 17.7 Å². The fraction of sp³-hybridized carbons (Fsp3) is 0.500. The standard InChI is InChI=1S/C20H23ClFNO3S2/c1-13-11-20(19-15(5-8-26-20)10-18(21)27-19)6-7-23(13)12-14-3-4-17(16(22)9-14)28(2,24)25/h3-4,9-10,13H,5-8,11-12H2,1-2H3/t13-,20+/m0/s1. The van der Waals surface area contributed by atoms with E-state index in [0.717, 1.165) is 42.0 Å². The number of benzene rings is 1. The van der Waals surface area contributed by atoms with Gasteiger partial charge < -0.3 is 4.74 Å². The molecule has 1 spiro atoms. The summed E-state index contributed by atoms with van der Waals surface area (Å²) >= 11 is 7.88. The number of nitrogens with zero attached hydrogens (tertiary/aromatic N) is 1. The van der Waals surface area contributed by atoms with Crippen LogP contribution in [0.3, 0.4) is 0 Å². The van der Waals surface area contributed by atoms with Gasteiger partial charge in [-0.3, -0.25) is 4.90 Å². The fourth-order valence-corrected chi connectivity index (χ4v) is 6.60. The first kappa shape index (κ1) is 20.3. The Bertz CT molecular complexity index is 1010. The molecule has 4 nitrogen and oxygen atoms in total. The monoisotopic (exact) mass is 443 g/mol. The molecular formula is C20H23ClFNO3S2. The zero-order chi connectivity index (χ0) is 20.1. The van der Waals surface area contributed by atoms with Crippen LogP contribution in [-0.4, -0.2) is 38.8 Å². The molecule has 0 bridgehead atoms. The summed E-state index contributed by atoms with van der Waals surface area (Å²) < 4.78 is 44.5. The second kappa shape index (κ2) is 7.36. The van der Waals surface area contributed by atoms with E-state index in [2.05, 4.69) is 17.9 Å². The van der Waals surface area contributed by atoms with Crippen LogP contribution in [0.15, 0.2) is 29.2 Å². The minimum absolute atomic E-state index is 0.248. The van der Waals surface area contributed by atoms with Crippen molar-refractivity contribution in [2.75, 3.05) is 19.4 Å². The molecule has 0 radical (unpaired) electrons. The van der Waals surface area contributed by atoms with E-state index in [1.165, 1.54) is 22.6 Å². The maximum atomic E-state index is 14.2. The first-order chi connectivity index (χ1) is 13.2. The molecule has 0 saturated carbocycles. The van der Waals surface area contributed by atoms with Crippen LogP contribution in [0, 0.1) is 5.82 Å². The highest BCUT2D eigenvalue weighted by Gasteiger charge is 2.44. The van der Waals surface area contributed by atoms with Gasteiger partial charge in [-0.25, -0.2) is 12.8 Å². The number of fused-ring (bicyclic) bond motifs is 2. The predicted molar refractivity (Wildman–Crippen MR) is 109 cm³/mol. The summed E-state index contributed by atoms with van der Waals surface area (Å²) in [5.74, 6) is -0.686. The van der Waals surface area contributed by atoms with Crippen molar-refractivity contribution >= 4 is 32.8 Å². The highest BCUT2D eigenvalue weighted by molar-refractivity contribution is 7.90. The largest absolute Gasteiger partial charge is 0.369 e. The highest BCUT2D eigenvalue weighted by Crippen LogP contribution is 2.48. The summed E-state index contributed by atoms with van der Waals surface area (Å²) in [5.41, 5.74) is 1.81. The van der Waals surface area contributed by atoms with Crippen molar-refractivity contribution in [3.63, 3.8) is 0 Å². The van der Waals surface area contributed by atoms with E-state index in [9.17, 15) is 12.8 Å². The van der Waals surface area contributed by atoms with Crippen molar-refractivity contribution in [1.29, 1.82) is 0 Å². The van der Waals surface area contributed by atoms with Crippen molar-refractivity contribution in [3.05, 3.63) is 50.4 Å². The zero-order valence-corrected chi connectivity index (χ0v) is 18.3. The molecule has 28 heavy (non-hydrogen) atoms. The molecule has 4 rings (SSSR count). The van der Waals surface area contributed by atoms with Gasteiger partial charge in [0.15, 0.2) is 9.84 Å². The Morgan fingerprint density at radius 1 is 1.39 bits per heavy atom. The van der Waals surface area contributed by atoms with E-state index in [4.69, 9.17) is 16.3 Å². The predicted octanol–water partition coefficient (Wildman–Crippen LogP) is 4.40. The Hall–Kier alpha value is -0.990. The van der Waals surface area contributed by atoms with E-state index in [1.54, 1.807) is 17.4 Å². The van der Waals surface area contributed by atoms with Crippen molar-refractivity contribution in [1.82, 2.24) is 4.90 Å². The van der Waals surface area contributed by atoms with E-state index in [-0.39, 0.29) is 16.5 Å². The summed E-state index contributed by atoms with van der Waals surface area (Å²) in [6.45, 7) is 4.28. The number of ether oxygens (including phenoxy) is 1. The molecule has 0 aliphatic carbocycles. The molecule has 152 valence electrons. The second-order valence-electron chi connectivity index (χ2n) is 7.81. The Kier molecular flexibility index (Phi) is 5.33. The number of piperidine rings is 1. The van der Waals surface area contributed by atoms with Gasteiger partial charge in [0.1, 0.15) is 16.3 Å². The smallest absolute Gasteiger partial charge is 0.178 e. The van der Waals surface area contributed by atoms with Crippen LogP contribution in [0.2, 0.25) is 4.34 Å². The van der Waals surface area contributed by atoms with Crippen LogP contribution in [0.1, 0.15) is 35.8 Å². The molecule has 0 amide bonds. The first-order valence-corrected chi connectivity index (χ1v) is 12.4. The minimum atomic E-state index is -3.55. The third-order valence-electron chi connectivity index (χ3n) is 5.78. The molecule has 1 aromatic carbocycles. The second-order valence-corrected chi connectivity index (χ2v) is 11.5. The Labute approximate surface area is 174 Å². The SMILES string of the molecule is C[C@H]1C[C@@]2(CCN1Cc1ccc(S(C)(=O)=O)c(F)c1)OCCc1cc(Cl)sc12. The molecule has 2 aliphatic rings. The van der Waals surface area contributed by atoms with Crippen LogP contribution in [0.4, 0.5) is 4.39 Å². The van der Waals surface area contributed by atoms with Crippen LogP contribution in [0.5, 0.6) is 0 Å². The normalized spacial score (nSPS) is 25.8. The zero-order valence-electron chi connectivity index (χ0n) is 15.9. The van der Waals surface area contributed by atoms with Crippen LogP contribution < -0.4 is 0 Å². The van der Waals surface area contributed by atoms with E-state index in [0.29, 0.717) is 13.2 Å². The van der Waals surface area contributed by atoms with Gasteiger partial charge in [-0.05, 0) is 55.5 Å². The van der Waals surface area contributed by atoms with Crippen molar-refractivity contribution < 1.29 is 17.5 Å². The minimum Gasteiger partial charge on any atom is -0.369 e. The number of sulfone groups is 1. The van der Waals surface area contributed by atoms with Crippen molar-refractivity contribution in [2.24, 2.45) is 0 Å². The van der Waals surface area contributed by atoms with Crippen molar-refractivity contribution in [2.45, 2.75) is 49.3 Å². The quantitative estimate of drug-likeness (QED) is 0.705. The third kappa shape index (κ3) is 3.75. The van der Waals surface area contributed by atoms with Gasteiger partial charge in [0.2, 0.25) is 0 Å². The maximum absolute atomic E-state index is 14.2.